The van der Waals surface area contributed by atoms with Crippen molar-refractivity contribution in [1.82, 2.24) is 0 Å². The number of fused-ring (bicyclic) bond motifs is 1. The molecule has 0 saturated heterocycles. The Hall–Kier alpha value is -1.81. The number of carbonyl (C=O) groups excluding carboxylic acids is 1. The van der Waals surface area contributed by atoms with E-state index in [1.54, 1.807) is 19.1 Å². The molecule has 2 aromatic rings. The van der Waals surface area contributed by atoms with E-state index in [1.165, 1.54) is 6.07 Å². The van der Waals surface area contributed by atoms with Crippen molar-refractivity contribution in [3.05, 3.63) is 35.9 Å². The number of nitriles is 1. The quantitative estimate of drug-likeness (QED) is 0.231. The number of carbonyl (C=O) groups is 1. The first-order valence-electron chi connectivity index (χ1n) is 7.87. The average molecular weight is 448 g/mol. The smallest absolute Gasteiger partial charge is 0.436 e. The first kappa shape index (κ1) is 27.2. The van der Waals surface area contributed by atoms with Crippen LogP contribution in [-0.2, 0) is 25.5 Å². The number of hydrogen-bond donors (Lipinski definition) is 2. The van der Waals surface area contributed by atoms with Gasteiger partial charge < -0.3 is 5.32 Å². The van der Waals surface area contributed by atoms with E-state index in [9.17, 15) is 17.8 Å². The van der Waals surface area contributed by atoms with Crippen molar-refractivity contribution in [1.29, 1.82) is 5.26 Å². The number of aryl methyl sites for hydroxylation is 1. The molecule has 9 nitrogen and oxygen atoms in total. The zero-order valence-electron chi connectivity index (χ0n) is 15.8. The summed E-state index contributed by atoms with van der Waals surface area (Å²) in [4.78, 5) is 11.2. The Labute approximate surface area is 192 Å². The van der Waals surface area contributed by atoms with Gasteiger partial charge in [-0.15, -0.1) is 24.1 Å². The molecule has 0 fully saturated rings. The van der Waals surface area contributed by atoms with E-state index in [0.717, 1.165) is 0 Å². The standard InChI is InChI=1S/C17H17N2O4S.Na.O3S/c1-12-10-13-4-2-6-15(17(13)16(11-12)24(21,22)23)19-9-3-5-14(20)7-8-18;;1-4(2)3/h4,6,10-11,19H,3,5,7,9H2,1H3,(H,21,22,23);;/q-1;+1;. The number of nitrogens with zero attached hydrogens (tertiary/aromatic N) is 1. The van der Waals surface area contributed by atoms with Gasteiger partial charge in [-0.1, -0.05) is 16.6 Å². The van der Waals surface area contributed by atoms with Crippen LogP contribution in [0.3, 0.4) is 0 Å². The predicted octanol–water partition coefficient (Wildman–Crippen LogP) is -1.13. The molecule has 12 heteroatoms. The van der Waals surface area contributed by atoms with Crippen LogP contribution in [-0.4, -0.2) is 37.9 Å². The van der Waals surface area contributed by atoms with Crippen LogP contribution in [0.4, 0.5) is 5.69 Å². The van der Waals surface area contributed by atoms with Crippen molar-refractivity contribution in [2.24, 2.45) is 0 Å². The van der Waals surface area contributed by atoms with Gasteiger partial charge in [0.15, 0.2) is 0 Å². The molecule has 0 amide bonds. The second kappa shape index (κ2) is 12.7. The van der Waals surface area contributed by atoms with Gasteiger partial charge in [0.25, 0.3) is 10.1 Å². The first-order valence-corrected chi connectivity index (χ1v) is 10.3. The number of Topliss-reactive ketones (excluding diaryl/α,β-unsaturated/α-hetero) is 1. The minimum absolute atomic E-state index is 0. The predicted molar refractivity (Wildman–Crippen MR) is 100.0 cm³/mol. The van der Waals surface area contributed by atoms with Gasteiger partial charge in [0.2, 0.25) is 0 Å². The van der Waals surface area contributed by atoms with E-state index in [2.05, 4.69) is 11.4 Å². The average Bonchev–Trinajstić information content (AvgIpc) is 2.56. The molecule has 2 rings (SSSR count). The van der Waals surface area contributed by atoms with Crippen LogP contribution < -0.4 is 34.9 Å². The van der Waals surface area contributed by atoms with Crippen LogP contribution in [0.2, 0.25) is 0 Å². The largest absolute Gasteiger partial charge is 1.00 e. The Morgan fingerprint density at radius 2 is 1.90 bits per heavy atom. The molecule has 0 radical (unpaired) electrons. The van der Waals surface area contributed by atoms with Gasteiger partial charge in [-0.25, -0.2) is 0 Å². The van der Waals surface area contributed by atoms with Crippen LogP contribution in [0.1, 0.15) is 24.8 Å². The second-order valence-electron chi connectivity index (χ2n) is 5.68. The molecule has 0 aliphatic heterocycles. The summed E-state index contributed by atoms with van der Waals surface area (Å²) in [6.07, 6.45) is 0.692. The molecule has 2 aromatic carbocycles. The van der Waals surface area contributed by atoms with Crippen LogP contribution in [0.5, 0.6) is 0 Å². The molecule has 2 N–H and O–H groups in total. The SMILES string of the molecule is Cc1cc(S(=O)(=O)O)c2c(NCCCC(=O)CC#N)c[c-]cc2c1.O=S(=O)=O.[Na+]. The molecular weight excluding hydrogens is 431 g/mol. The fourth-order valence-corrected chi connectivity index (χ4v) is 3.32. The summed E-state index contributed by atoms with van der Waals surface area (Å²) in [6.45, 7) is 2.18. The summed E-state index contributed by atoms with van der Waals surface area (Å²) in [6, 6.07) is 11.2. The zero-order chi connectivity index (χ0) is 21.3. The van der Waals surface area contributed by atoms with Crippen molar-refractivity contribution in [2.45, 2.75) is 31.1 Å². The molecule has 0 bridgehead atoms. The number of nitrogens with one attached hydrogen (secondary N) is 1. The summed E-state index contributed by atoms with van der Waals surface area (Å²) in [5.74, 6) is -0.127. The molecule has 0 aliphatic rings. The van der Waals surface area contributed by atoms with Gasteiger partial charge in [-0.2, -0.15) is 31.9 Å². The van der Waals surface area contributed by atoms with E-state index >= 15 is 0 Å². The molecule has 0 atom stereocenters. The van der Waals surface area contributed by atoms with E-state index < -0.39 is 20.7 Å². The van der Waals surface area contributed by atoms with E-state index in [-0.39, 0.29) is 53.1 Å². The van der Waals surface area contributed by atoms with Crippen LogP contribution >= 0.6 is 0 Å². The fraction of sp³-hybridized carbons (Fsp3) is 0.294. The van der Waals surface area contributed by atoms with Crippen LogP contribution in [0.15, 0.2) is 29.2 Å². The van der Waals surface area contributed by atoms with Crippen LogP contribution in [0.25, 0.3) is 10.8 Å². The minimum atomic E-state index is -4.37. The van der Waals surface area contributed by atoms with Crippen molar-refractivity contribution in [2.75, 3.05) is 11.9 Å². The third-order valence-electron chi connectivity index (χ3n) is 3.51. The molecule has 0 aromatic heterocycles. The third kappa shape index (κ3) is 9.49. The normalized spacial score (nSPS) is 10.1. The Morgan fingerprint density at radius 3 is 2.45 bits per heavy atom. The van der Waals surface area contributed by atoms with Gasteiger partial charge in [-0.05, 0) is 19.4 Å². The number of anilines is 1. The van der Waals surface area contributed by atoms with E-state index in [0.29, 0.717) is 35.0 Å². The summed E-state index contributed by atoms with van der Waals surface area (Å²) < 4.78 is 58.2. The number of ketones is 1. The van der Waals surface area contributed by atoms with Crippen molar-refractivity contribution < 1.29 is 59.9 Å². The molecule has 150 valence electrons. The molecule has 0 spiro atoms. The van der Waals surface area contributed by atoms with Gasteiger partial charge in [0, 0.05) is 13.0 Å². The first-order chi connectivity index (χ1) is 13.1. The van der Waals surface area contributed by atoms with Crippen molar-refractivity contribution in [3.8, 4) is 6.07 Å². The molecule has 29 heavy (non-hydrogen) atoms. The molecule has 0 saturated carbocycles. The molecular formula is C17H17N2NaO7S2. The number of hydrogen-bond acceptors (Lipinski definition) is 8. The van der Waals surface area contributed by atoms with Crippen molar-refractivity contribution >= 4 is 43.0 Å². The fourth-order valence-electron chi connectivity index (χ4n) is 2.50. The summed E-state index contributed by atoms with van der Waals surface area (Å²) in [5, 5.41) is 12.6. The second-order valence-corrected chi connectivity index (χ2v) is 7.48. The molecule has 0 unspecified atom stereocenters. The topological polar surface area (TPSA) is 158 Å². The van der Waals surface area contributed by atoms with Gasteiger partial charge in [0.1, 0.15) is 5.78 Å². The number of rotatable bonds is 7. The van der Waals surface area contributed by atoms with Gasteiger partial charge in [-0.3, -0.25) is 9.35 Å². The molecule has 0 aliphatic carbocycles. The Bertz CT molecular complexity index is 1120. The Kier molecular flexibility index (Phi) is 11.9. The number of benzene rings is 2. The van der Waals surface area contributed by atoms with Crippen molar-refractivity contribution in [3.63, 3.8) is 0 Å². The molecule has 0 heterocycles. The van der Waals surface area contributed by atoms with E-state index in [4.69, 9.17) is 17.9 Å². The summed E-state index contributed by atoms with van der Waals surface area (Å²) >= 11 is 0. The maximum absolute atomic E-state index is 11.7. The third-order valence-corrected chi connectivity index (χ3v) is 4.39. The minimum Gasteiger partial charge on any atom is -0.436 e. The van der Waals surface area contributed by atoms with Gasteiger partial charge in [0.05, 0.1) is 17.4 Å². The zero-order valence-corrected chi connectivity index (χ0v) is 19.4. The van der Waals surface area contributed by atoms with Crippen LogP contribution in [0, 0.1) is 24.3 Å². The Morgan fingerprint density at radius 1 is 1.28 bits per heavy atom. The Balaban J connectivity index is 0.00000143. The monoisotopic (exact) mass is 448 g/mol. The van der Waals surface area contributed by atoms with Gasteiger partial charge >= 0.3 is 40.2 Å². The maximum Gasteiger partial charge on any atom is 1.00 e. The summed E-state index contributed by atoms with van der Waals surface area (Å²) in [7, 11) is -7.48. The summed E-state index contributed by atoms with van der Waals surface area (Å²) in [5.41, 5.74) is 1.23. The maximum atomic E-state index is 11.7. The van der Waals surface area contributed by atoms with E-state index in [1.807, 2.05) is 12.1 Å².